The fourth-order valence-electron chi connectivity index (χ4n) is 2.50. The van der Waals surface area contributed by atoms with Crippen molar-refractivity contribution in [1.29, 1.82) is 0 Å². The van der Waals surface area contributed by atoms with E-state index in [0.717, 1.165) is 12.1 Å². The molecule has 0 bridgehead atoms. The number of methoxy groups -OCH3 is 1. The predicted octanol–water partition coefficient (Wildman–Crippen LogP) is 3.04. The Hall–Kier alpha value is -2.30. The van der Waals surface area contributed by atoms with Gasteiger partial charge >= 0.3 is 5.51 Å². The van der Waals surface area contributed by atoms with E-state index in [9.17, 15) is 26.0 Å². The molecule has 0 aliphatic rings. The number of anilines is 1. The van der Waals surface area contributed by atoms with Gasteiger partial charge in [-0.05, 0) is 24.6 Å². The fraction of sp³-hybridized carbons (Fsp3) is 0.400. The topological polar surface area (TPSA) is 73.2 Å². The van der Waals surface area contributed by atoms with Crippen molar-refractivity contribution in [2.24, 2.45) is 7.05 Å². The van der Waals surface area contributed by atoms with Gasteiger partial charge in [0.2, 0.25) is 5.88 Å². The standard InChI is InChI=1S/C15H17F4N3O3S/c1-4-11-10(14(25-3)22(2)21-11)8-20-12-6-5-9(16)7-13(12)26(23,24)15(17,18)19/h5-7,20H,4,8H2,1-3H3. The molecule has 0 aliphatic carbocycles. The average molecular weight is 395 g/mol. The van der Waals surface area contributed by atoms with E-state index in [1.165, 1.54) is 11.8 Å². The summed E-state index contributed by atoms with van der Waals surface area (Å²) in [4.78, 5) is -1.18. The van der Waals surface area contributed by atoms with E-state index in [-0.39, 0.29) is 12.2 Å². The third-order valence-electron chi connectivity index (χ3n) is 3.69. The van der Waals surface area contributed by atoms with Crippen molar-refractivity contribution in [2.45, 2.75) is 30.3 Å². The largest absolute Gasteiger partial charge is 0.501 e. The second-order valence-electron chi connectivity index (χ2n) is 5.35. The van der Waals surface area contributed by atoms with Gasteiger partial charge in [-0.1, -0.05) is 6.92 Å². The van der Waals surface area contributed by atoms with E-state index in [4.69, 9.17) is 4.74 Å². The monoisotopic (exact) mass is 395 g/mol. The van der Waals surface area contributed by atoms with Gasteiger partial charge in [-0.15, -0.1) is 0 Å². The van der Waals surface area contributed by atoms with Crippen molar-refractivity contribution in [3.05, 3.63) is 35.3 Å². The molecule has 0 radical (unpaired) electrons. The van der Waals surface area contributed by atoms with Gasteiger partial charge in [-0.2, -0.15) is 18.3 Å². The molecule has 0 unspecified atom stereocenters. The number of aryl methyl sites for hydroxylation is 2. The Balaban J connectivity index is 2.44. The van der Waals surface area contributed by atoms with Crippen molar-refractivity contribution in [3.63, 3.8) is 0 Å². The zero-order valence-corrected chi connectivity index (χ0v) is 15.0. The average Bonchev–Trinajstić information content (AvgIpc) is 2.87. The van der Waals surface area contributed by atoms with Crippen LogP contribution >= 0.6 is 0 Å². The Morgan fingerprint density at radius 3 is 2.50 bits per heavy atom. The van der Waals surface area contributed by atoms with Gasteiger partial charge in [0.25, 0.3) is 9.84 Å². The number of sulfone groups is 1. The third-order valence-corrected chi connectivity index (χ3v) is 5.22. The van der Waals surface area contributed by atoms with E-state index >= 15 is 0 Å². The van der Waals surface area contributed by atoms with Crippen LogP contribution in [-0.4, -0.2) is 30.8 Å². The highest BCUT2D eigenvalue weighted by molar-refractivity contribution is 7.92. The maximum atomic E-state index is 13.4. The van der Waals surface area contributed by atoms with Crippen LogP contribution in [0.4, 0.5) is 23.2 Å². The van der Waals surface area contributed by atoms with E-state index < -0.39 is 26.1 Å². The van der Waals surface area contributed by atoms with Crippen molar-refractivity contribution >= 4 is 15.5 Å². The van der Waals surface area contributed by atoms with Crippen LogP contribution in [0.25, 0.3) is 0 Å². The minimum atomic E-state index is -5.71. The van der Waals surface area contributed by atoms with E-state index in [2.05, 4.69) is 10.4 Å². The molecule has 1 aromatic heterocycles. The molecule has 0 amide bonds. The number of hydrogen-bond donors (Lipinski definition) is 1. The lowest BCUT2D eigenvalue weighted by molar-refractivity contribution is -0.0435. The van der Waals surface area contributed by atoms with Crippen LogP contribution in [0.3, 0.4) is 0 Å². The molecule has 1 aromatic carbocycles. The Morgan fingerprint density at radius 1 is 1.31 bits per heavy atom. The van der Waals surface area contributed by atoms with Crippen LogP contribution in [0.1, 0.15) is 18.2 Å². The van der Waals surface area contributed by atoms with Crippen molar-refractivity contribution in [1.82, 2.24) is 9.78 Å². The first-order chi connectivity index (χ1) is 12.0. The molecule has 11 heteroatoms. The van der Waals surface area contributed by atoms with Gasteiger partial charge in [0.05, 0.1) is 24.1 Å². The van der Waals surface area contributed by atoms with Gasteiger partial charge < -0.3 is 10.1 Å². The van der Waals surface area contributed by atoms with Crippen LogP contribution in [0.2, 0.25) is 0 Å². The summed E-state index contributed by atoms with van der Waals surface area (Å²) in [6.45, 7) is 1.79. The summed E-state index contributed by atoms with van der Waals surface area (Å²) in [5, 5.41) is 6.85. The maximum absolute atomic E-state index is 13.4. The third kappa shape index (κ3) is 3.62. The summed E-state index contributed by atoms with van der Waals surface area (Å²) in [5.41, 5.74) is -4.70. The van der Waals surface area contributed by atoms with E-state index in [0.29, 0.717) is 29.6 Å². The Labute approximate surface area is 147 Å². The Kier molecular flexibility index (Phi) is 5.49. The zero-order chi connectivity index (χ0) is 19.7. The second kappa shape index (κ2) is 7.14. The van der Waals surface area contributed by atoms with Crippen LogP contribution < -0.4 is 10.1 Å². The molecule has 2 rings (SSSR count). The van der Waals surface area contributed by atoms with Gasteiger partial charge in [-0.3, -0.25) is 0 Å². The van der Waals surface area contributed by atoms with E-state index in [1.807, 2.05) is 6.92 Å². The quantitative estimate of drug-likeness (QED) is 0.762. The van der Waals surface area contributed by atoms with Gasteiger partial charge in [0.15, 0.2) is 0 Å². The fourth-order valence-corrected chi connectivity index (χ4v) is 3.44. The first-order valence-corrected chi connectivity index (χ1v) is 8.94. The van der Waals surface area contributed by atoms with Crippen molar-refractivity contribution < 1.29 is 30.7 Å². The highest BCUT2D eigenvalue weighted by Gasteiger charge is 2.48. The molecule has 2 aromatic rings. The van der Waals surface area contributed by atoms with Crippen LogP contribution in [-0.2, 0) is 29.9 Å². The number of benzene rings is 1. The first-order valence-electron chi connectivity index (χ1n) is 7.46. The van der Waals surface area contributed by atoms with Gasteiger partial charge in [0, 0.05) is 13.6 Å². The van der Waals surface area contributed by atoms with Crippen molar-refractivity contribution in [3.8, 4) is 5.88 Å². The normalized spacial score (nSPS) is 12.3. The van der Waals surface area contributed by atoms with E-state index in [1.54, 1.807) is 7.05 Å². The molecular formula is C15H17F4N3O3S. The minimum Gasteiger partial charge on any atom is -0.481 e. The lowest BCUT2D eigenvalue weighted by Crippen LogP contribution is -2.24. The van der Waals surface area contributed by atoms with Gasteiger partial charge in [0.1, 0.15) is 10.7 Å². The highest BCUT2D eigenvalue weighted by Crippen LogP contribution is 2.35. The molecule has 0 saturated carbocycles. The van der Waals surface area contributed by atoms with Crippen LogP contribution in [0.15, 0.2) is 23.1 Å². The number of ether oxygens (including phenoxy) is 1. The maximum Gasteiger partial charge on any atom is 0.501 e. The SMILES string of the molecule is CCc1nn(C)c(OC)c1CNc1ccc(F)cc1S(=O)(=O)C(F)(F)F. The summed E-state index contributed by atoms with van der Waals surface area (Å²) in [5.74, 6) is -0.705. The number of hydrogen-bond acceptors (Lipinski definition) is 5. The lowest BCUT2D eigenvalue weighted by atomic mass is 10.2. The molecular weight excluding hydrogens is 378 g/mol. The molecule has 26 heavy (non-hydrogen) atoms. The summed E-state index contributed by atoms with van der Waals surface area (Å²) in [6, 6.07) is 2.16. The molecule has 0 saturated heterocycles. The first kappa shape index (κ1) is 20.0. The minimum absolute atomic E-state index is 0.0494. The number of alkyl halides is 3. The molecule has 0 atom stereocenters. The smallest absolute Gasteiger partial charge is 0.481 e. The molecule has 144 valence electrons. The molecule has 0 aliphatic heterocycles. The number of rotatable bonds is 6. The molecule has 0 fully saturated rings. The molecule has 1 N–H and O–H groups in total. The summed E-state index contributed by atoms with van der Waals surface area (Å²) in [7, 11) is -2.66. The Bertz CT molecular complexity index is 908. The lowest BCUT2D eigenvalue weighted by Gasteiger charge is -2.15. The molecule has 1 heterocycles. The molecule has 0 spiro atoms. The second-order valence-corrected chi connectivity index (χ2v) is 7.26. The summed E-state index contributed by atoms with van der Waals surface area (Å²) < 4.78 is 82.1. The van der Waals surface area contributed by atoms with Crippen LogP contribution in [0.5, 0.6) is 5.88 Å². The number of nitrogens with one attached hydrogen (secondary N) is 1. The van der Waals surface area contributed by atoms with Crippen molar-refractivity contribution in [2.75, 3.05) is 12.4 Å². The van der Waals surface area contributed by atoms with Gasteiger partial charge in [-0.25, -0.2) is 17.5 Å². The Morgan fingerprint density at radius 2 is 1.96 bits per heavy atom. The zero-order valence-electron chi connectivity index (χ0n) is 14.2. The number of nitrogens with zero attached hydrogens (tertiary/aromatic N) is 2. The highest BCUT2D eigenvalue weighted by atomic mass is 32.2. The number of aromatic nitrogens is 2. The predicted molar refractivity (Wildman–Crippen MR) is 86.1 cm³/mol. The summed E-state index contributed by atoms with van der Waals surface area (Å²) in [6.07, 6.45) is 0.533. The molecule has 6 nitrogen and oxygen atoms in total. The van der Waals surface area contributed by atoms with Crippen LogP contribution in [0, 0.1) is 5.82 Å². The summed E-state index contributed by atoms with van der Waals surface area (Å²) >= 11 is 0. The number of halogens is 4.